The first-order valence-electron chi connectivity index (χ1n) is 4.79. The van der Waals surface area contributed by atoms with E-state index in [1.165, 1.54) is 0 Å². The second kappa shape index (κ2) is 3.26. The van der Waals surface area contributed by atoms with E-state index in [9.17, 15) is 5.11 Å². The molecular weight excluding hydrogens is 178 g/mol. The third-order valence-electron chi connectivity index (χ3n) is 2.76. The van der Waals surface area contributed by atoms with Crippen molar-refractivity contribution >= 4 is 0 Å². The summed E-state index contributed by atoms with van der Waals surface area (Å²) in [7, 11) is 0. The number of nitrogens with two attached hydrogens (primary N) is 1. The van der Waals surface area contributed by atoms with Gasteiger partial charge in [0.15, 0.2) is 0 Å². The molecule has 1 aliphatic rings. The Morgan fingerprint density at radius 3 is 3.07 bits per heavy atom. The zero-order valence-corrected chi connectivity index (χ0v) is 8.29. The van der Waals surface area contributed by atoms with Crippen molar-refractivity contribution in [1.29, 1.82) is 0 Å². The van der Waals surface area contributed by atoms with Gasteiger partial charge in [0.2, 0.25) is 0 Å². The van der Waals surface area contributed by atoms with Crippen LogP contribution in [0.15, 0.2) is 18.2 Å². The minimum Gasteiger partial charge on any atom is -0.493 e. The van der Waals surface area contributed by atoms with Crippen molar-refractivity contribution in [2.24, 2.45) is 5.73 Å². The Hall–Kier alpha value is -1.06. The topological polar surface area (TPSA) is 55.5 Å². The highest BCUT2D eigenvalue weighted by atomic mass is 16.5. The van der Waals surface area contributed by atoms with Crippen LogP contribution in [0.2, 0.25) is 0 Å². The zero-order valence-electron chi connectivity index (χ0n) is 8.29. The predicted molar refractivity (Wildman–Crippen MR) is 54.2 cm³/mol. The normalized spacial score (nSPS) is 25.4. The van der Waals surface area contributed by atoms with E-state index < -0.39 is 5.54 Å². The predicted octanol–water partition coefficient (Wildman–Crippen LogP) is 0.924. The number of benzene rings is 1. The van der Waals surface area contributed by atoms with E-state index in [2.05, 4.69) is 0 Å². The Kier molecular flexibility index (Phi) is 2.21. The molecule has 0 saturated carbocycles. The molecule has 2 rings (SSSR count). The average Bonchev–Trinajstić information content (AvgIpc) is 2.18. The number of ether oxygens (including phenoxy) is 1. The molecule has 0 aliphatic carbocycles. The molecule has 14 heavy (non-hydrogen) atoms. The summed E-state index contributed by atoms with van der Waals surface area (Å²) < 4.78 is 5.51. The van der Waals surface area contributed by atoms with Crippen LogP contribution in [0, 0.1) is 6.92 Å². The summed E-state index contributed by atoms with van der Waals surface area (Å²) in [5, 5.41) is 9.29. The number of rotatable bonds is 1. The molecule has 0 fully saturated rings. The lowest BCUT2D eigenvalue weighted by Crippen LogP contribution is -2.44. The van der Waals surface area contributed by atoms with E-state index in [0.29, 0.717) is 13.0 Å². The fourth-order valence-electron chi connectivity index (χ4n) is 1.80. The molecule has 3 N–H and O–H groups in total. The van der Waals surface area contributed by atoms with Gasteiger partial charge in [0.1, 0.15) is 5.75 Å². The first-order chi connectivity index (χ1) is 6.65. The average molecular weight is 193 g/mol. The number of aliphatic hydroxyl groups is 1. The van der Waals surface area contributed by atoms with Gasteiger partial charge in [-0.2, -0.15) is 0 Å². The molecule has 1 atom stereocenters. The third-order valence-corrected chi connectivity index (χ3v) is 2.76. The van der Waals surface area contributed by atoms with E-state index in [4.69, 9.17) is 10.5 Å². The Balaban J connectivity index is 2.50. The highest BCUT2D eigenvalue weighted by Crippen LogP contribution is 2.35. The van der Waals surface area contributed by atoms with Crippen molar-refractivity contribution in [3.05, 3.63) is 29.3 Å². The number of hydrogen-bond acceptors (Lipinski definition) is 3. The van der Waals surface area contributed by atoms with Gasteiger partial charge in [0.25, 0.3) is 0 Å². The summed E-state index contributed by atoms with van der Waals surface area (Å²) in [6.45, 7) is 2.55. The molecule has 1 heterocycles. The molecule has 1 unspecified atom stereocenters. The quantitative estimate of drug-likeness (QED) is 0.697. The van der Waals surface area contributed by atoms with Gasteiger partial charge in [-0.1, -0.05) is 12.1 Å². The fourth-order valence-corrected chi connectivity index (χ4v) is 1.80. The molecule has 0 saturated heterocycles. The van der Waals surface area contributed by atoms with Crippen LogP contribution in [0.25, 0.3) is 0 Å². The molecule has 3 nitrogen and oxygen atoms in total. The van der Waals surface area contributed by atoms with E-state index in [1.807, 2.05) is 25.1 Å². The number of aliphatic hydroxyl groups excluding tert-OH is 1. The van der Waals surface area contributed by atoms with Gasteiger partial charge < -0.3 is 15.6 Å². The van der Waals surface area contributed by atoms with Gasteiger partial charge in [0.05, 0.1) is 18.8 Å². The van der Waals surface area contributed by atoms with Crippen molar-refractivity contribution in [2.45, 2.75) is 18.9 Å². The van der Waals surface area contributed by atoms with Crippen LogP contribution in [0.1, 0.15) is 17.5 Å². The molecule has 0 spiro atoms. The maximum Gasteiger partial charge on any atom is 0.124 e. The van der Waals surface area contributed by atoms with Gasteiger partial charge in [-0.05, 0) is 18.6 Å². The van der Waals surface area contributed by atoms with Crippen molar-refractivity contribution in [1.82, 2.24) is 0 Å². The van der Waals surface area contributed by atoms with E-state index >= 15 is 0 Å². The van der Waals surface area contributed by atoms with Crippen molar-refractivity contribution in [3.8, 4) is 5.75 Å². The maximum atomic E-state index is 9.29. The van der Waals surface area contributed by atoms with Crippen LogP contribution < -0.4 is 10.5 Å². The molecule has 0 bridgehead atoms. The SMILES string of the molecule is Cc1ccc2c(c1)OCCC2(N)CO. The zero-order chi connectivity index (χ0) is 10.2. The first-order valence-corrected chi connectivity index (χ1v) is 4.79. The summed E-state index contributed by atoms with van der Waals surface area (Å²) in [5.41, 5.74) is 7.52. The van der Waals surface area contributed by atoms with E-state index in [0.717, 1.165) is 16.9 Å². The van der Waals surface area contributed by atoms with Gasteiger partial charge in [-0.15, -0.1) is 0 Å². The van der Waals surface area contributed by atoms with Crippen LogP contribution in [-0.4, -0.2) is 18.3 Å². The molecular formula is C11H15NO2. The van der Waals surface area contributed by atoms with Gasteiger partial charge in [0, 0.05) is 12.0 Å². The second-order valence-electron chi connectivity index (χ2n) is 3.91. The van der Waals surface area contributed by atoms with Gasteiger partial charge in [-0.3, -0.25) is 0 Å². The summed E-state index contributed by atoms with van der Waals surface area (Å²) in [4.78, 5) is 0. The van der Waals surface area contributed by atoms with Crippen LogP contribution in [0.3, 0.4) is 0 Å². The number of aryl methyl sites for hydroxylation is 1. The summed E-state index contributed by atoms with van der Waals surface area (Å²) >= 11 is 0. The highest BCUT2D eigenvalue weighted by molar-refractivity contribution is 5.43. The second-order valence-corrected chi connectivity index (χ2v) is 3.91. The van der Waals surface area contributed by atoms with Gasteiger partial charge in [-0.25, -0.2) is 0 Å². The molecule has 76 valence electrons. The standard InChI is InChI=1S/C11H15NO2/c1-8-2-3-9-10(6-8)14-5-4-11(9,12)7-13/h2-3,6,13H,4-5,7,12H2,1H3. The van der Waals surface area contributed by atoms with Crippen LogP contribution in [0.4, 0.5) is 0 Å². The number of hydrogen-bond donors (Lipinski definition) is 2. The molecule has 1 aromatic carbocycles. The Bertz CT molecular complexity index is 351. The lowest BCUT2D eigenvalue weighted by Gasteiger charge is -2.34. The van der Waals surface area contributed by atoms with E-state index in [-0.39, 0.29) is 6.61 Å². The molecule has 0 aromatic heterocycles. The molecule has 0 amide bonds. The van der Waals surface area contributed by atoms with Crippen LogP contribution >= 0.6 is 0 Å². The van der Waals surface area contributed by atoms with E-state index in [1.54, 1.807) is 0 Å². The van der Waals surface area contributed by atoms with Gasteiger partial charge >= 0.3 is 0 Å². The van der Waals surface area contributed by atoms with Crippen molar-refractivity contribution in [3.63, 3.8) is 0 Å². The lowest BCUT2D eigenvalue weighted by molar-refractivity contribution is 0.138. The van der Waals surface area contributed by atoms with Crippen LogP contribution in [-0.2, 0) is 5.54 Å². The van der Waals surface area contributed by atoms with Crippen LogP contribution in [0.5, 0.6) is 5.75 Å². The third kappa shape index (κ3) is 1.38. The largest absolute Gasteiger partial charge is 0.493 e. The summed E-state index contributed by atoms with van der Waals surface area (Å²) in [5.74, 6) is 0.813. The Morgan fingerprint density at radius 2 is 2.36 bits per heavy atom. The summed E-state index contributed by atoms with van der Waals surface area (Å²) in [6, 6.07) is 5.90. The monoisotopic (exact) mass is 193 g/mol. The maximum absolute atomic E-state index is 9.29. The Morgan fingerprint density at radius 1 is 1.57 bits per heavy atom. The molecule has 1 aliphatic heterocycles. The molecule has 3 heteroatoms. The van der Waals surface area contributed by atoms with Crippen molar-refractivity contribution in [2.75, 3.05) is 13.2 Å². The molecule has 0 radical (unpaired) electrons. The smallest absolute Gasteiger partial charge is 0.124 e. The summed E-state index contributed by atoms with van der Waals surface area (Å²) in [6.07, 6.45) is 0.666. The minimum atomic E-state index is -0.624. The first kappa shape index (κ1) is 9.49. The Labute approximate surface area is 83.5 Å². The minimum absolute atomic E-state index is 0.0353. The number of fused-ring (bicyclic) bond motifs is 1. The lowest BCUT2D eigenvalue weighted by atomic mass is 9.86. The van der Waals surface area contributed by atoms with Crippen molar-refractivity contribution < 1.29 is 9.84 Å². The molecule has 1 aromatic rings. The fraction of sp³-hybridized carbons (Fsp3) is 0.455. The highest BCUT2D eigenvalue weighted by Gasteiger charge is 2.33.